The van der Waals surface area contributed by atoms with E-state index in [4.69, 9.17) is 4.74 Å². The predicted molar refractivity (Wildman–Crippen MR) is 124 cm³/mol. The lowest BCUT2D eigenvalue weighted by molar-refractivity contribution is -0.138. The van der Waals surface area contributed by atoms with Gasteiger partial charge in [0.1, 0.15) is 0 Å². The van der Waals surface area contributed by atoms with Crippen LogP contribution in [0, 0.1) is 6.92 Å². The molecule has 0 N–H and O–H groups in total. The van der Waals surface area contributed by atoms with Gasteiger partial charge in [-0.25, -0.2) is 8.42 Å². The maximum absolute atomic E-state index is 13.8. The summed E-state index contributed by atoms with van der Waals surface area (Å²) in [5.74, 6) is -0.617. The lowest BCUT2D eigenvalue weighted by Crippen LogP contribution is -2.50. The van der Waals surface area contributed by atoms with E-state index in [0.717, 1.165) is 20.6 Å². The second kappa shape index (κ2) is 7.89. The molecule has 3 aromatic rings. The van der Waals surface area contributed by atoms with Gasteiger partial charge < -0.3 is 4.74 Å². The lowest BCUT2D eigenvalue weighted by Gasteiger charge is -2.39. The normalized spacial score (nSPS) is 19.5. The summed E-state index contributed by atoms with van der Waals surface area (Å²) in [6, 6.07) is 19.7. The van der Waals surface area contributed by atoms with Crippen LogP contribution in [0.15, 0.2) is 81.7 Å². The molecular formula is C24H22BrNO4S. The second-order valence-electron chi connectivity index (χ2n) is 7.43. The van der Waals surface area contributed by atoms with E-state index in [1.807, 2.05) is 49.4 Å². The van der Waals surface area contributed by atoms with Crippen molar-refractivity contribution in [2.75, 3.05) is 6.61 Å². The first-order chi connectivity index (χ1) is 14.7. The third kappa shape index (κ3) is 3.23. The van der Waals surface area contributed by atoms with Crippen LogP contribution in [0.1, 0.15) is 25.0 Å². The zero-order valence-electron chi connectivity index (χ0n) is 17.4. The van der Waals surface area contributed by atoms with E-state index >= 15 is 0 Å². The number of sulfonamides is 1. The van der Waals surface area contributed by atoms with Gasteiger partial charge in [0.05, 0.1) is 9.38 Å². The van der Waals surface area contributed by atoms with E-state index in [2.05, 4.69) is 15.9 Å². The summed E-state index contributed by atoms with van der Waals surface area (Å²) >= 11 is 3.54. The van der Waals surface area contributed by atoms with Crippen molar-refractivity contribution >= 4 is 42.6 Å². The van der Waals surface area contributed by atoms with E-state index in [0.29, 0.717) is 10.0 Å². The highest BCUT2D eigenvalue weighted by molar-refractivity contribution is 9.11. The molecule has 0 unspecified atom stereocenters. The fourth-order valence-electron chi connectivity index (χ4n) is 3.98. The number of halogens is 1. The van der Waals surface area contributed by atoms with Crippen LogP contribution in [0.3, 0.4) is 0 Å². The summed E-state index contributed by atoms with van der Waals surface area (Å²) in [6.45, 7) is 5.46. The van der Waals surface area contributed by atoms with Crippen molar-refractivity contribution in [2.24, 2.45) is 0 Å². The average molecular weight is 500 g/mol. The first-order valence-corrected chi connectivity index (χ1v) is 12.1. The van der Waals surface area contributed by atoms with Crippen molar-refractivity contribution in [3.05, 3.63) is 87.9 Å². The number of benzene rings is 3. The highest BCUT2D eigenvalue weighted by atomic mass is 79.9. The molecule has 160 valence electrons. The Hall–Kier alpha value is -2.48. The molecule has 0 aromatic heterocycles. The van der Waals surface area contributed by atoms with E-state index in [-0.39, 0.29) is 17.1 Å². The van der Waals surface area contributed by atoms with Crippen molar-refractivity contribution in [3.63, 3.8) is 0 Å². The van der Waals surface area contributed by atoms with Gasteiger partial charge in [0, 0.05) is 17.7 Å². The number of amides is 1. The molecule has 0 saturated carbocycles. The first kappa shape index (κ1) is 21.7. The van der Waals surface area contributed by atoms with Gasteiger partial charge in [-0.2, -0.15) is 4.31 Å². The number of ether oxygens (including phenoxy) is 1. The number of nitrogens with zero attached hydrogens (tertiary/aromatic N) is 1. The van der Waals surface area contributed by atoms with Gasteiger partial charge in [-0.05, 0) is 59.6 Å². The van der Waals surface area contributed by atoms with Gasteiger partial charge in [-0.3, -0.25) is 4.79 Å². The van der Waals surface area contributed by atoms with Crippen molar-refractivity contribution in [1.82, 2.24) is 4.31 Å². The quantitative estimate of drug-likeness (QED) is 0.481. The van der Waals surface area contributed by atoms with Crippen LogP contribution in [-0.2, 0) is 25.3 Å². The molecule has 0 bridgehead atoms. The molecule has 1 heterocycles. The number of aryl methyl sites for hydroxylation is 1. The van der Waals surface area contributed by atoms with Gasteiger partial charge >= 0.3 is 0 Å². The molecule has 3 aromatic carbocycles. The number of carbonyl (C=O) groups excluding carboxylic acids is 1. The predicted octanol–water partition coefficient (Wildman–Crippen LogP) is 5.24. The minimum Gasteiger partial charge on any atom is -0.346 e. The second-order valence-corrected chi connectivity index (χ2v) is 10.0. The molecule has 0 radical (unpaired) electrons. The largest absolute Gasteiger partial charge is 0.346 e. The monoisotopic (exact) mass is 499 g/mol. The number of hydrogen-bond donors (Lipinski definition) is 0. The van der Waals surface area contributed by atoms with Crippen LogP contribution < -0.4 is 0 Å². The zero-order chi connectivity index (χ0) is 22.4. The van der Waals surface area contributed by atoms with Crippen LogP contribution in [-0.4, -0.2) is 25.2 Å². The van der Waals surface area contributed by atoms with Gasteiger partial charge in [-0.1, -0.05) is 60.2 Å². The molecule has 1 amide bonds. The molecule has 31 heavy (non-hydrogen) atoms. The Morgan fingerprint density at radius 2 is 1.61 bits per heavy atom. The van der Waals surface area contributed by atoms with Gasteiger partial charge in [-0.15, -0.1) is 0 Å². The molecular weight excluding hydrogens is 478 g/mol. The Morgan fingerprint density at radius 1 is 0.968 bits per heavy atom. The maximum atomic E-state index is 13.8. The molecule has 1 aliphatic heterocycles. The summed E-state index contributed by atoms with van der Waals surface area (Å²) in [7, 11) is -4.23. The zero-order valence-corrected chi connectivity index (χ0v) is 19.8. The molecule has 7 heteroatoms. The SMILES string of the molecule is CCO[C@@]1(c2cccc3ccccc23)C(Br)=C(C)C(=O)N1S(=O)(=O)c1ccc(C)cc1. The summed E-state index contributed by atoms with van der Waals surface area (Å²) in [6.07, 6.45) is 0. The molecule has 0 spiro atoms. The summed E-state index contributed by atoms with van der Waals surface area (Å²) in [5.41, 5.74) is 0.158. The Balaban J connectivity index is 2.06. The van der Waals surface area contributed by atoms with Crippen LogP contribution in [0.2, 0.25) is 0 Å². The third-order valence-electron chi connectivity index (χ3n) is 5.49. The highest BCUT2D eigenvalue weighted by Gasteiger charge is 2.58. The Bertz CT molecular complexity index is 1310. The molecule has 4 rings (SSSR count). The summed E-state index contributed by atoms with van der Waals surface area (Å²) in [4.78, 5) is 13.4. The third-order valence-corrected chi connectivity index (χ3v) is 8.39. The van der Waals surface area contributed by atoms with Crippen LogP contribution >= 0.6 is 15.9 Å². The van der Waals surface area contributed by atoms with Crippen LogP contribution in [0.5, 0.6) is 0 Å². The smallest absolute Gasteiger partial charge is 0.269 e. The van der Waals surface area contributed by atoms with Crippen molar-refractivity contribution in [3.8, 4) is 0 Å². The van der Waals surface area contributed by atoms with Crippen molar-refractivity contribution < 1.29 is 17.9 Å². The minimum atomic E-state index is -4.23. The Labute approximate surface area is 190 Å². The number of carbonyl (C=O) groups is 1. The number of fused-ring (bicyclic) bond motifs is 1. The van der Waals surface area contributed by atoms with Gasteiger partial charge in [0.2, 0.25) is 5.72 Å². The van der Waals surface area contributed by atoms with Gasteiger partial charge in [0.15, 0.2) is 0 Å². The molecule has 0 aliphatic carbocycles. The van der Waals surface area contributed by atoms with Crippen molar-refractivity contribution in [2.45, 2.75) is 31.4 Å². The number of hydrogen-bond acceptors (Lipinski definition) is 4. The first-order valence-electron chi connectivity index (χ1n) is 9.90. The maximum Gasteiger partial charge on any atom is 0.269 e. The van der Waals surface area contributed by atoms with Crippen molar-refractivity contribution in [1.29, 1.82) is 0 Å². The molecule has 1 atom stereocenters. The minimum absolute atomic E-state index is 0.0331. The molecule has 5 nitrogen and oxygen atoms in total. The Kier molecular flexibility index (Phi) is 5.54. The van der Waals surface area contributed by atoms with Gasteiger partial charge in [0.25, 0.3) is 15.9 Å². The number of rotatable bonds is 5. The topological polar surface area (TPSA) is 63.7 Å². The fourth-order valence-corrected chi connectivity index (χ4v) is 6.40. The summed E-state index contributed by atoms with van der Waals surface area (Å²) in [5, 5.41) is 1.73. The Morgan fingerprint density at radius 3 is 2.29 bits per heavy atom. The van der Waals surface area contributed by atoms with E-state index in [1.165, 1.54) is 12.1 Å². The fraction of sp³-hybridized carbons (Fsp3) is 0.208. The molecule has 0 saturated heterocycles. The van der Waals surface area contributed by atoms with Crippen LogP contribution in [0.4, 0.5) is 0 Å². The van der Waals surface area contributed by atoms with Crippen LogP contribution in [0.25, 0.3) is 10.8 Å². The standard InChI is InChI=1S/C24H22BrNO4S/c1-4-30-24(21-11-7-9-18-8-5-6-10-20(18)21)22(25)17(3)23(27)26(24)31(28,29)19-14-12-16(2)13-15-19/h5-15H,4H2,1-3H3/t24-/m0/s1. The molecule has 0 fully saturated rings. The average Bonchev–Trinajstić information content (AvgIpc) is 2.95. The summed E-state index contributed by atoms with van der Waals surface area (Å²) < 4.78 is 35.1. The highest BCUT2D eigenvalue weighted by Crippen LogP contribution is 2.51. The van der Waals surface area contributed by atoms with E-state index in [1.54, 1.807) is 26.0 Å². The lowest BCUT2D eigenvalue weighted by atomic mass is 9.95. The van der Waals surface area contributed by atoms with E-state index < -0.39 is 21.7 Å². The molecule has 1 aliphatic rings. The van der Waals surface area contributed by atoms with E-state index in [9.17, 15) is 13.2 Å².